The molecule has 1 unspecified atom stereocenters. The van der Waals surface area contributed by atoms with E-state index in [1.165, 1.54) is 24.3 Å². The van der Waals surface area contributed by atoms with Crippen molar-refractivity contribution < 1.29 is 4.39 Å². The predicted molar refractivity (Wildman–Crippen MR) is 77.5 cm³/mol. The summed E-state index contributed by atoms with van der Waals surface area (Å²) in [6.45, 7) is 2.98. The predicted octanol–water partition coefficient (Wildman–Crippen LogP) is 4.01. The molecule has 2 rings (SSSR count). The molecule has 0 spiro atoms. The van der Waals surface area contributed by atoms with Gasteiger partial charge in [-0.3, -0.25) is 0 Å². The van der Waals surface area contributed by atoms with Gasteiger partial charge in [-0.05, 0) is 49.3 Å². The average molecular weight is 267 g/mol. The minimum Gasteiger partial charge on any atom is -0.310 e. The highest BCUT2D eigenvalue weighted by Crippen LogP contribution is 2.31. The third-order valence-corrected chi connectivity index (χ3v) is 4.69. The van der Waals surface area contributed by atoms with Crippen molar-refractivity contribution in [2.75, 3.05) is 18.1 Å². The number of halogens is 1. The Bertz CT molecular complexity index is 363. The summed E-state index contributed by atoms with van der Waals surface area (Å²) in [6, 6.07) is 7.35. The van der Waals surface area contributed by atoms with Gasteiger partial charge in [0.1, 0.15) is 5.82 Å². The molecule has 0 aromatic heterocycles. The fraction of sp³-hybridized carbons (Fsp3) is 0.600. The molecule has 1 saturated heterocycles. The van der Waals surface area contributed by atoms with E-state index in [1.54, 1.807) is 12.1 Å². The smallest absolute Gasteiger partial charge is 0.127 e. The molecule has 1 aliphatic rings. The molecule has 0 aliphatic carbocycles. The van der Waals surface area contributed by atoms with Crippen LogP contribution < -0.4 is 5.32 Å². The average Bonchev–Trinajstić information content (AvgIpc) is 2.40. The van der Waals surface area contributed by atoms with E-state index in [0.29, 0.717) is 0 Å². The van der Waals surface area contributed by atoms with Crippen LogP contribution in [0.3, 0.4) is 0 Å². The van der Waals surface area contributed by atoms with Gasteiger partial charge in [-0.1, -0.05) is 25.1 Å². The van der Waals surface area contributed by atoms with Crippen LogP contribution >= 0.6 is 11.8 Å². The first-order chi connectivity index (χ1) is 8.81. The molecule has 1 nitrogen and oxygen atoms in total. The van der Waals surface area contributed by atoms with Gasteiger partial charge in [0.15, 0.2) is 0 Å². The molecule has 1 N–H and O–H groups in total. The van der Waals surface area contributed by atoms with Gasteiger partial charge in [0.2, 0.25) is 0 Å². The third-order valence-electron chi connectivity index (χ3n) is 3.64. The van der Waals surface area contributed by atoms with E-state index in [0.717, 1.165) is 24.4 Å². The van der Waals surface area contributed by atoms with Crippen LogP contribution in [0.2, 0.25) is 0 Å². The lowest BCUT2D eigenvalue weighted by Gasteiger charge is -2.27. The minimum atomic E-state index is -0.0753. The summed E-state index contributed by atoms with van der Waals surface area (Å²) in [5, 5.41) is 3.44. The van der Waals surface area contributed by atoms with Gasteiger partial charge < -0.3 is 5.32 Å². The molecule has 0 bridgehead atoms. The van der Waals surface area contributed by atoms with Crippen LogP contribution in [-0.2, 0) is 0 Å². The number of nitrogens with one attached hydrogen (secondary N) is 1. The zero-order chi connectivity index (χ0) is 12.8. The topological polar surface area (TPSA) is 12.0 Å². The third kappa shape index (κ3) is 3.72. The zero-order valence-electron chi connectivity index (χ0n) is 11.0. The molecule has 1 aromatic rings. The van der Waals surface area contributed by atoms with E-state index in [2.05, 4.69) is 12.2 Å². The van der Waals surface area contributed by atoms with Crippen molar-refractivity contribution in [3.05, 3.63) is 35.6 Å². The Labute approximate surface area is 114 Å². The number of hydrogen-bond acceptors (Lipinski definition) is 2. The Kier molecular flexibility index (Phi) is 5.51. The second-order valence-electron chi connectivity index (χ2n) is 4.92. The van der Waals surface area contributed by atoms with Crippen molar-refractivity contribution in [1.29, 1.82) is 0 Å². The Morgan fingerprint density at radius 1 is 1.33 bits per heavy atom. The highest BCUT2D eigenvalue weighted by atomic mass is 32.2. The first kappa shape index (κ1) is 13.9. The summed E-state index contributed by atoms with van der Waals surface area (Å²) in [4.78, 5) is 0. The number of benzene rings is 1. The summed E-state index contributed by atoms with van der Waals surface area (Å²) in [6.07, 6.45) is 3.62. The second kappa shape index (κ2) is 7.15. The Hall–Kier alpha value is -0.540. The lowest BCUT2D eigenvalue weighted by molar-refractivity contribution is 0.367. The van der Waals surface area contributed by atoms with Crippen LogP contribution in [0.5, 0.6) is 0 Å². The van der Waals surface area contributed by atoms with E-state index in [-0.39, 0.29) is 11.9 Å². The number of thioether (sulfide) groups is 1. The van der Waals surface area contributed by atoms with Crippen LogP contribution in [-0.4, -0.2) is 18.1 Å². The molecule has 18 heavy (non-hydrogen) atoms. The van der Waals surface area contributed by atoms with Crippen LogP contribution in [0.1, 0.15) is 37.8 Å². The summed E-state index contributed by atoms with van der Waals surface area (Å²) in [5.41, 5.74) is 0.831. The van der Waals surface area contributed by atoms with Gasteiger partial charge in [0.25, 0.3) is 0 Å². The molecule has 100 valence electrons. The largest absolute Gasteiger partial charge is 0.310 e. The highest BCUT2D eigenvalue weighted by Gasteiger charge is 2.21. The molecular weight excluding hydrogens is 245 g/mol. The van der Waals surface area contributed by atoms with Crippen LogP contribution in [0.4, 0.5) is 4.39 Å². The van der Waals surface area contributed by atoms with Gasteiger partial charge in [0, 0.05) is 11.6 Å². The van der Waals surface area contributed by atoms with Crippen molar-refractivity contribution in [2.45, 2.75) is 32.2 Å². The molecule has 1 aromatic carbocycles. The van der Waals surface area contributed by atoms with E-state index in [9.17, 15) is 4.39 Å². The monoisotopic (exact) mass is 267 g/mol. The zero-order valence-corrected chi connectivity index (χ0v) is 11.8. The molecular formula is C15H22FNS. The first-order valence-electron chi connectivity index (χ1n) is 6.86. The standard InChI is InChI=1S/C15H22FNS/c1-2-17-15(11-12-7-9-18-10-8-12)13-5-3-4-6-14(13)16/h3-6,12,15,17H,2,7-11H2,1H3. The Balaban J connectivity index is 2.05. The normalized spacial score (nSPS) is 18.8. The molecule has 1 atom stereocenters. The Morgan fingerprint density at radius 3 is 2.72 bits per heavy atom. The summed E-state index contributed by atoms with van der Waals surface area (Å²) >= 11 is 2.04. The van der Waals surface area contributed by atoms with Crippen molar-refractivity contribution in [2.24, 2.45) is 5.92 Å². The first-order valence-corrected chi connectivity index (χ1v) is 8.02. The van der Waals surface area contributed by atoms with E-state index < -0.39 is 0 Å². The summed E-state index contributed by atoms with van der Waals surface area (Å²) < 4.78 is 13.9. The summed E-state index contributed by atoms with van der Waals surface area (Å²) in [7, 11) is 0. The van der Waals surface area contributed by atoms with Crippen molar-refractivity contribution in [3.63, 3.8) is 0 Å². The van der Waals surface area contributed by atoms with Crippen molar-refractivity contribution in [1.82, 2.24) is 5.32 Å². The van der Waals surface area contributed by atoms with Crippen LogP contribution in [0.15, 0.2) is 24.3 Å². The van der Waals surface area contributed by atoms with Crippen molar-refractivity contribution >= 4 is 11.8 Å². The maximum absolute atomic E-state index is 13.9. The number of rotatable bonds is 5. The lowest BCUT2D eigenvalue weighted by atomic mass is 9.90. The Morgan fingerprint density at radius 2 is 2.06 bits per heavy atom. The fourth-order valence-electron chi connectivity index (χ4n) is 2.64. The summed E-state index contributed by atoms with van der Waals surface area (Å²) in [5.74, 6) is 3.20. The van der Waals surface area contributed by atoms with E-state index in [1.807, 2.05) is 23.9 Å². The SMILES string of the molecule is CCNC(CC1CCSCC1)c1ccccc1F. The van der Waals surface area contributed by atoms with Crippen molar-refractivity contribution in [3.8, 4) is 0 Å². The van der Waals surface area contributed by atoms with E-state index in [4.69, 9.17) is 0 Å². The van der Waals surface area contributed by atoms with E-state index >= 15 is 0 Å². The fourth-order valence-corrected chi connectivity index (χ4v) is 3.84. The molecule has 3 heteroatoms. The molecule has 1 heterocycles. The molecule has 0 saturated carbocycles. The van der Waals surface area contributed by atoms with Crippen LogP contribution in [0.25, 0.3) is 0 Å². The quantitative estimate of drug-likeness (QED) is 0.865. The molecule has 0 radical (unpaired) electrons. The van der Waals surface area contributed by atoms with Gasteiger partial charge in [0.05, 0.1) is 0 Å². The molecule has 1 aliphatic heterocycles. The number of hydrogen-bond donors (Lipinski definition) is 1. The molecule has 1 fully saturated rings. The molecule has 0 amide bonds. The lowest BCUT2D eigenvalue weighted by Crippen LogP contribution is -2.25. The van der Waals surface area contributed by atoms with Gasteiger partial charge >= 0.3 is 0 Å². The van der Waals surface area contributed by atoms with Gasteiger partial charge in [-0.15, -0.1) is 0 Å². The van der Waals surface area contributed by atoms with Crippen LogP contribution in [0, 0.1) is 11.7 Å². The second-order valence-corrected chi connectivity index (χ2v) is 6.15. The maximum Gasteiger partial charge on any atom is 0.127 e. The highest BCUT2D eigenvalue weighted by molar-refractivity contribution is 7.99. The van der Waals surface area contributed by atoms with Gasteiger partial charge in [-0.25, -0.2) is 4.39 Å². The maximum atomic E-state index is 13.9. The van der Waals surface area contributed by atoms with Gasteiger partial charge in [-0.2, -0.15) is 11.8 Å². The minimum absolute atomic E-state index is 0.0753.